The van der Waals surface area contributed by atoms with Crippen LogP contribution in [0.4, 0.5) is 0 Å². The molecule has 0 heterocycles. The normalized spacial score (nSPS) is 11.6. The molecule has 0 aliphatic heterocycles. The molecular formula is C112H224O14. The van der Waals surface area contributed by atoms with E-state index in [1.54, 1.807) is 0 Å². The van der Waals surface area contributed by atoms with Crippen molar-refractivity contribution < 1.29 is 67.1 Å². The molecule has 0 fully saturated rings. The van der Waals surface area contributed by atoms with Crippen LogP contribution in [0.5, 0.6) is 0 Å². The number of carbonyl (C=O) groups excluding carboxylic acids is 14. The molecule has 0 aliphatic carbocycles. The standard InChI is InChI=1S/14C8H16O/c14*1-5-6-7(9)8(2,3)4/h14*5-6H2,1-4H3. The molecule has 14 heteroatoms. The molecule has 14 nitrogen and oxygen atoms in total. The minimum absolute atomic E-state index is 0.129. The summed E-state index contributed by atoms with van der Waals surface area (Å²) in [6, 6.07) is 0. The topological polar surface area (TPSA) is 239 Å². The Morgan fingerprint density at radius 3 is 0.135 bits per heavy atom. The first kappa shape index (κ1) is 153. The van der Waals surface area contributed by atoms with Gasteiger partial charge in [-0.25, -0.2) is 0 Å². The van der Waals surface area contributed by atoms with Crippen LogP contribution in [-0.4, -0.2) is 81.0 Å². The van der Waals surface area contributed by atoms with Crippen molar-refractivity contribution in [2.45, 2.75) is 568 Å². The first-order valence-corrected chi connectivity index (χ1v) is 49.2. The number of ketones is 14. The summed E-state index contributed by atoms with van der Waals surface area (Å²) < 4.78 is 0. The van der Waals surface area contributed by atoms with Gasteiger partial charge in [-0.1, -0.05) is 388 Å². The van der Waals surface area contributed by atoms with Crippen LogP contribution in [0.15, 0.2) is 0 Å². The van der Waals surface area contributed by atoms with Gasteiger partial charge < -0.3 is 0 Å². The van der Waals surface area contributed by atoms with Crippen LogP contribution in [-0.2, 0) is 67.1 Å². The maximum Gasteiger partial charge on any atom is 0.138 e. The molecule has 0 aromatic heterocycles. The van der Waals surface area contributed by atoms with Crippen LogP contribution < -0.4 is 0 Å². The van der Waals surface area contributed by atoms with E-state index in [1.165, 1.54) is 0 Å². The van der Waals surface area contributed by atoms with E-state index >= 15 is 0 Å². The summed E-state index contributed by atoms with van der Waals surface area (Å²) in [6.07, 6.45) is 23.7. The van der Waals surface area contributed by atoms with Crippen molar-refractivity contribution in [3.8, 4) is 0 Å². The molecule has 0 amide bonds. The lowest BCUT2D eigenvalue weighted by Gasteiger charge is -2.15. The van der Waals surface area contributed by atoms with E-state index in [9.17, 15) is 67.1 Å². The summed E-state index contributed by atoms with van der Waals surface area (Å²) >= 11 is 0. The highest BCUT2D eigenvalue weighted by Crippen LogP contribution is 2.26. The number of hydrogen-bond donors (Lipinski definition) is 0. The molecule has 0 saturated carbocycles. The lowest BCUT2D eigenvalue weighted by molar-refractivity contribution is -0.127. The van der Waals surface area contributed by atoms with Crippen molar-refractivity contribution in [3.63, 3.8) is 0 Å². The lowest BCUT2D eigenvalue weighted by atomic mass is 9.88. The maximum atomic E-state index is 11.1. The molecule has 0 bridgehead atoms. The van der Waals surface area contributed by atoms with E-state index in [2.05, 4.69) is 0 Å². The highest BCUT2D eigenvalue weighted by molar-refractivity contribution is 5.89. The Morgan fingerprint density at radius 2 is 0.127 bits per heavy atom. The van der Waals surface area contributed by atoms with Crippen molar-refractivity contribution in [1.82, 2.24) is 0 Å². The van der Waals surface area contributed by atoms with Gasteiger partial charge in [0.15, 0.2) is 0 Å². The van der Waals surface area contributed by atoms with Crippen molar-refractivity contribution in [2.75, 3.05) is 0 Å². The predicted octanol–water partition coefficient (Wildman–Crippen LogP) is 33.6. The van der Waals surface area contributed by atoms with Crippen LogP contribution in [0.3, 0.4) is 0 Å². The Labute approximate surface area is 787 Å². The second-order valence-electron chi connectivity index (χ2n) is 47.9. The smallest absolute Gasteiger partial charge is 0.138 e. The molecule has 0 atom stereocenters. The van der Waals surface area contributed by atoms with E-state index in [-0.39, 0.29) is 75.8 Å². The third-order valence-electron chi connectivity index (χ3n) is 18.4. The second-order valence-corrected chi connectivity index (χ2v) is 47.9. The molecule has 0 rings (SSSR count). The molecule has 0 N–H and O–H groups in total. The maximum absolute atomic E-state index is 11.1. The van der Waals surface area contributed by atoms with Gasteiger partial charge in [0.05, 0.1) is 0 Å². The molecule has 0 aliphatic rings. The van der Waals surface area contributed by atoms with Gasteiger partial charge in [-0.2, -0.15) is 0 Å². The van der Waals surface area contributed by atoms with Gasteiger partial charge in [0.25, 0.3) is 0 Å². The van der Waals surface area contributed by atoms with Crippen LogP contribution in [0.25, 0.3) is 0 Å². The summed E-state index contributed by atoms with van der Waals surface area (Å²) in [4.78, 5) is 155. The largest absolute Gasteiger partial charge is 0.299 e. The summed E-state index contributed by atoms with van der Waals surface area (Å²) in [5.74, 6) is 5.12. The fraction of sp³-hybridized carbons (Fsp3) is 0.875. The fourth-order valence-electron chi connectivity index (χ4n) is 8.43. The van der Waals surface area contributed by atoms with Gasteiger partial charge in [0.1, 0.15) is 81.0 Å². The highest BCUT2D eigenvalue weighted by Gasteiger charge is 2.28. The summed E-state index contributed by atoms with van der Waals surface area (Å²) in [5.41, 5.74) is -1.81. The number of hydrogen-bond acceptors (Lipinski definition) is 14. The predicted molar refractivity (Wildman–Crippen MR) is 551 cm³/mol. The third-order valence-corrected chi connectivity index (χ3v) is 18.4. The Kier molecular flexibility index (Phi) is 93.1. The molecule has 0 unspecified atom stereocenters. The van der Waals surface area contributed by atoms with Crippen molar-refractivity contribution >= 4 is 81.0 Å². The van der Waals surface area contributed by atoms with Crippen molar-refractivity contribution in [1.29, 1.82) is 0 Å². The number of Topliss-reactive ketones (excluding diaryl/α,β-unsaturated/α-hetero) is 14. The van der Waals surface area contributed by atoms with E-state index in [4.69, 9.17) is 0 Å². The SMILES string of the molecule is CCCC(=O)C(C)(C)C.CCCC(=O)C(C)(C)C.CCCC(=O)C(C)(C)C.CCCC(=O)C(C)(C)C.CCCC(=O)C(C)(C)C.CCCC(=O)C(C)(C)C.CCCC(=O)C(C)(C)C.CCCC(=O)C(C)(C)C.CCCC(=O)C(C)(C)C.CCCC(=O)C(C)(C)C.CCCC(=O)C(C)(C)C.CCCC(=O)C(C)(C)C.CCCC(=O)C(C)(C)C.CCCC(=O)C(C)(C)C. The van der Waals surface area contributed by atoms with E-state index in [0.717, 1.165) is 180 Å². The Bertz CT molecular complexity index is 2110. The Balaban J connectivity index is -0.0000000893. The first-order chi connectivity index (χ1) is 55.7. The van der Waals surface area contributed by atoms with Crippen LogP contribution in [0.1, 0.15) is 568 Å². The molecule has 0 aromatic rings. The van der Waals surface area contributed by atoms with Gasteiger partial charge >= 0.3 is 0 Å². The zero-order valence-electron chi connectivity index (χ0n) is 95.5. The molecule has 756 valence electrons. The molecule has 0 saturated heterocycles. The number of carbonyl (C=O) groups is 14. The van der Waals surface area contributed by atoms with E-state index < -0.39 is 0 Å². The first-order valence-electron chi connectivity index (χ1n) is 49.2. The minimum atomic E-state index is -0.129. The zero-order chi connectivity index (χ0) is 105. The van der Waals surface area contributed by atoms with Gasteiger partial charge in [0, 0.05) is 166 Å². The highest BCUT2D eigenvalue weighted by atomic mass is 16.2. The van der Waals surface area contributed by atoms with Crippen LogP contribution in [0.2, 0.25) is 0 Å². The molecule has 0 aromatic carbocycles. The minimum Gasteiger partial charge on any atom is -0.299 e. The molecule has 0 spiro atoms. The summed E-state index contributed by atoms with van der Waals surface area (Å²) in [5, 5.41) is 0. The molecular weight excluding hydrogens is 1570 g/mol. The molecule has 0 radical (unpaired) electrons. The van der Waals surface area contributed by atoms with Crippen molar-refractivity contribution in [3.05, 3.63) is 0 Å². The monoisotopic (exact) mass is 1790 g/mol. The van der Waals surface area contributed by atoms with Gasteiger partial charge in [0.2, 0.25) is 0 Å². The quantitative estimate of drug-likeness (QED) is 0.0708. The van der Waals surface area contributed by atoms with Crippen LogP contribution in [0, 0.1) is 75.8 Å². The zero-order valence-corrected chi connectivity index (χ0v) is 95.5. The van der Waals surface area contributed by atoms with E-state index in [1.807, 2.05) is 388 Å². The average molecular weight is 1800 g/mol. The summed E-state index contributed by atoms with van der Waals surface area (Å²) in [6.45, 7) is 111. The third kappa shape index (κ3) is 114. The average Bonchev–Trinajstić information content (AvgIpc) is 1.07. The molecule has 126 heavy (non-hydrogen) atoms. The fourth-order valence-corrected chi connectivity index (χ4v) is 8.43. The van der Waals surface area contributed by atoms with Crippen LogP contribution >= 0.6 is 0 Å². The summed E-state index contributed by atoms with van der Waals surface area (Å²) in [7, 11) is 0. The van der Waals surface area contributed by atoms with Gasteiger partial charge in [-0.05, 0) is 89.9 Å². The lowest BCUT2D eigenvalue weighted by Crippen LogP contribution is -2.19. The Morgan fingerprint density at radius 1 is 0.0952 bits per heavy atom. The van der Waals surface area contributed by atoms with Crippen molar-refractivity contribution in [2.24, 2.45) is 75.8 Å². The Hall–Kier alpha value is -4.62. The van der Waals surface area contributed by atoms with Gasteiger partial charge in [-0.15, -0.1) is 0 Å². The van der Waals surface area contributed by atoms with Gasteiger partial charge in [-0.3, -0.25) is 67.1 Å². The number of rotatable bonds is 28. The second kappa shape index (κ2) is 76.9. The van der Waals surface area contributed by atoms with E-state index in [0.29, 0.717) is 81.0 Å².